The predicted molar refractivity (Wildman–Crippen MR) is 118 cm³/mol. The normalized spacial score (nSPS) is 11.6. The summed E-state index contributed by atoms with van der Waals surface area (Å²) in [7, 11) is -1.86. The smallest absolute Gasteiger partial charge is 0.347 e. The molecule has 0 aliphatic carbocycles. The predicted octanol–water partition coefficient (Wildman–Crippen LogP) is 4.06. The first-order valence-electron chi connectivity index (χ1n) is 9.29. The molecule has 0 saturated carbocycles. The van der Waals surface area contributed by atoms with E-state index in [0.717, 1.165) is 11.1 Å². The lowest BCUT2D eigenvalue weighted by molar-refractivity contribution is 0.414. The number of hydrogen-bond acceptors (Lipinski definition) is 4. The van der Waals surface area contributed by atoms with Crippen molar-refractivity contribution in [1.29, 1.82) is 0 Å². The van der Waals surface area contributed by atoms with Gasteiger partial charge in [-0.1, -0.05) is 59.7 Å². The van der Waals surface area contributed by atoms with E-state index in [1.807, 2.05) is 62.4 Å². The van der Waals surface area contributed by atoms with E-state index >= 15 is 0 Å². The van der Waals surface area contributed by atoms with Crippen molar-refractivity contribution < 1.29 is 13.7 Å². The lowest BCUT2D eigenvalue weighted by Crippen LogP contribution is -2.33. The SMILES string of the molecule is COc1ccc2cc(P(=O)(c3ccc(C)cc3)c3ccc(C)cc3)c(=O)oc2c1. The Kier molecular flexibility index (Phi) is 4.89. The first-order valence-corrected chi connectivity index (χ1v) is 11.0. The summed E-state index contributed by atoms with van der Waals surface area (Å²) >= 11 is 0. The van der Waals surface area contributed by atoms with E-state index in [-0.39, 0.29) is 5.30 Å². The van der Waals surface area contributed by atoms with E-state index in [2.05, 4.69) is 0 Å². The zero-order valence-corrected chi connectivity index (χ0v) is 17.4. The molecule has 4 nitrogen and oxygen atoms in total. The van der Waals surface area contributed by atoms with Gasteiger partial charge in [0.05, 0.1) is 7.11 Å². The summed E-state index contributed by atoms with van der Waals surface area (Å²) in [6, 6.07) is 21.9. The van der Waals surface area contributed by atoms with E-state index < -0.39 is 12.8 Å². The number of methoxy groups -OCH3 is 1. The molecule has 0 N–H and O–H groups in total. The molecule has 0 radical (unpaired) electrons. The standard InChI is InChI=1S/C24H21O4P/c1-16-4-10-20(11-5-16)29(26,21-12-6-17(2)7-13-21)23-14-18-8-9-19(27-3)15-22(18)28-24(23)25/h4-15H,1-3H3. The van der Waals surface area contributed by atoms with Gasteiger partial charge in [0.15, 0.2) is 7.14 Å². The van der Waals surface area contributed by atoms with Crippen molar-refractivity contribution in [1.82, 2.24) is 0 Å². The van der Waals surface area contributed by atoms with Gasteiger partial charge in [0, 0.05) is 22.1 Å². The Labute approximate surface area is 169 Å². The molecule has 0 aliphatic heterocycles. The van der Waals surface area contributed by atoms with Crippen molar-refractivity contribution >= 4 is 34.0 Å². The molecule has 0 bridgehead atoms. The molecule has 0 saturated heterocycles. The van der Waals surface area contributed by atoms with Gasteiger partial charge in [-0.25, -0.2) is 4.79 Å². The van der Waals surface area contributed by atoms with Crippen LogP contribution in [0.3, 0.4) is 0 Å². The molecular formula is C24H21O4P. The molecule has 146 valence electrons. The van der Waals surface area contributed by atoms with Crippen molar-refractivity contribution in [2.45, 2.75) is 13.8 Å². The van der Waals surface area contributed by atoms with Crippen LogP contribution in [0.25, 0.3) is 11.0 Å². The van der Waals surface area contributed by atoms with Crippen LogP contribution in [0.2, 0.25) is 0 Å². The lowest BCUT2D eigenvalue weighted by atomic mass is 10.2. The van der Waals surface area contributed by atoms with Crippen LogP contribution in [-0.2, 0) is 4.57 Å². The Morgan fingerprint density at radius 1 is 0.793 bits per heavy atom. The lowest BCUT2D eigenvalue weighted by Gasteiger charge is -2.19. The van der Waals surface area contributed by atoms with E-state index in [4.69, 9.17) is 9.15 Å². The maximum absolute atomic E-state index is 14.5. The van der Waals surface area contributed by atoms with Crippen molar-refractivity contribution in [3.8, 4) is 5.75 Å². The fraction of sp³-hybridized carbons (Fsp3) is 0.125. The first-order chi connectivity index (χ1) is 13.9. The minimum atomic E-state index is -3.41. The fourth-order valence-corrected chi connectivity index (χ4v) is 5.98. The van der Waals surface area contributed by atoms with Crippen LogP contribution in [0.4, 0.5) is 0 Å². The van der Waals surface area contributed by atoms with Crippen LogP contribution in [0.5, 0.6) is 5.75 Å². The molecule has 0 spiro atoms. The fourth-order valence-electron chi connectivity index (χ4n) is 3.36. The molecule has 4 rings (SSSR count). The molecule has 0 atom stereocenters. The first kappa shape index (κ1) is 19.2. The number of aryl methyl sites for hydroxylation is 2. The molecule has 0 aliphatic rings. The average molecular weight is 404 g/mol. The van der Waals surface area contributed by atoms with Gasteiger partial charge in [-0.3, -0.25) is 0 Å². The highest BCUT2D eigenvalue weighted by atomic mass is 31.2. The minimum absolute atomic E-state index is 0.169. The summed E-state index contributed by atoms with van der Waals surface area (Å²) in [5.74, 6) is 0.591. The third-order valence-corrected chi connectivity index (χ3v) is 8.10. The average Bonchev–Trinajstić information content (AvgIpc) is 2.73. The molecule has 29 heavy (non-hydrogen) atoms. The Morgan fingerprint density at radius 3 is 1.86 bits per heavy atom. The van der Waals surface area contributed by atoms with Crippen LogP contribution in [-0.4, -0.2) is 7.11 Å². The van der Waals surface area contributed by atoms with Crippen molar-refractivity contribution in [3.05, 3.63) is 94.3 Å². The van der Waals surface area contributed by atoms with Crippen LogP contribution >= 0.6 is 7.14 Å². The van der Waals surface area contributed by atoms with Gasteiger partial charge in [0.1, 0.15) is 16.6 Å². The maximum atomic E-state index is 14.5. The summed E-state index contributed by atoms with van der Waals surface area (Å²) in [6.45, 7) is 3.94. The Hall–Kier alpha value is -3.10. The molecule has 0 amide bonds. The topological polar surface area (TPSA) is 56.5 Å². The third-order valence-electron chi connectivity index (χ3n) is 5.06. The van der Waals surface area contributed by atoms with Gasteiger partial charge in [-0.05, 0) is 32.0 Å². The van der Waals surface area contributed by atoms with Gasteiger partial charge in [-0.15, -0.1) is 0 Å². The van der Waals surface area contributed by atoms with Crippen molar-refractivity contribution in [2.24, 2.45) is 0 Å². The second-order valence-corrected chi connectivity index (χ2v) is 9.84. The monoisotopic (exact) mass is 404 g/mol. The third kappa shape index (κ3) is 3.41. The number of benzene rings is 3. The summed E-state index contributed by atoms with van der Waals surface area (Å²) < 4.78 is 25.3. The van der Waals surface area contributed by atoms with Crippen LogP contribution in [0.15, 0.2) is 82.0 Å². The summed E-state index contributed by atoms with van der Waals surface area (Å²) in [4.78, 5) is 13.0. The Bertz CT molecular complexity index is 1240. The molecule has 1 heterocycles. The molecular weight excluding hydrogens is 383 g/mol. The van der Waals surface area contributed by atoms with Gasteiger partial charge < -0.3 is 13.7 Å². The number of ether oxygens (including phenoxy) is 1. The molecule has 5 heteroatoms. The summed E-state index contributed by atoms with van der Waals surface area (Å²) in [5, 5.41) is 2.07. The van der Waals surface area contributed by atoms with Gasteiger partial charge in [-0.2, -0.15) is 0 Å². The van der Waals surface area contributed by atoms with Crippen molar-refractivity contribution in [2.75, 3.05) is 7.11 Å². The highest BCUT2D eigenvalue weighted by Crippen LogP contribution is 2.42. The molecule has 0 fully saturated rings. The second kappa shape index (κ2) is 7.38. The van der Waals surface area contributed by atoms with E-state index in [0.29, 0.717) is 27.3 Å². The quantitative estimate of drug-likeness (QED) is 0.380. The second-order valence-electron chi connectivity index (χ2n) is 7.10. The van der Waals surface area contributed by atoms with Gasteiger partial charge >= 0.3 is 5.63 Å². The van der Waals surface area contributed by atoms with Gasteiger partial charge in [0.2, 0.25) is 0 Å². The van der Waals surface area contributed by atoms with Crippen LogP contribution in [0.1, 0.15) is 11.1 Å². The van der Waals surface area contributed by atoms with Gasteiger partial charge in [0.25, 0.3) is 0 Å². The summed E-state index contributed by atoms with van der Waals surface area (Å²) in [5.41, 5.74) is 1.91. The zero-order chi connectivity index (χ0) is 20.6. The van der Waals surface area contributed by atoms with E-state index in [1.54, 1.807) is 31.4 Å². The zero-order valence-electron chi connectivity index (χ0n) is 16.5. The molecule has 4 aromatic rings. The van der Waals surface area contributed by atoms with Crippen LogP contribution in [0, 0.1) is 13.8 Å². The molecule has 0 unspecified atom stereocenters. The largest absolute Gasteiger partial charge is 0.497 e. The molecule has 1 aromatic heterocycles. The Morgan fingerprint density at radius 2 is 1.34 bits per heavy atom. The highest BCUT2D eigenvalue weighted by Gasteiger charge is 2.33. The Balaban J connectivity index is 2.02. The minimum Gasteiger partial charge on any atom is -0.497 e. The highest BCUT2D eigenvalue weighted by molar-refractivity contribution is 7.85. The van der Waals surface area contributed by atoms with E-state index in [1.165, 1.54) is 0 Å². The maximum Gasteiger partial charge on any atom is 0.347 e. The number of hydrogen-bond donors (Lipinski definition) is 0. The summed E-state index contributed by atoms with van der Waals surface area (Å²) in [6.07, 6.45) is 0. The van der Waals surface area contributed by atoms with Crippen LogP contribution < -0.4 is 26.3 Å². The number of fused-ring (bicyclic) bond motifs is 1. The number of rotatable bonds is 4. The van der Waals surface area contributed by atoms with Crippen molar-refractivity contribution in [3.63, 3.8) is 0 Å². The molecule has 3 aromatic carbocycles. The van der Waals surface area contributed by atoms with E-state index in [9.17, 15) is 9.36 Å².